The third kappa shape index (κ3) is 2.67. The third-order valence-electron chi connectivity index (χ3n) is 1.95. The molecule has 17 heavy (non-hydrogen) atoms. The molecule has 0 saturated heterocycles. The molecule has 0 saturated carbocycles. The number of rotatable bonds is 3. The average molecular weight is 251 g/mol. The van der Waals surface area contributed by atoms with Gasteiger partial charge in [0.2, 0.25) is 5.15 Å². The maximum atomic E-state index is 10.5. The normalized spacial score (nSPS) is 9.94. The third-order valence-corrected chi connectivity index (χ3v) is 2.22. The number of pyridine rings is 2. The molecular formula is C10H7ClN4O2. The van der Waals surface area contributed by atoms with Crippen LogP contribution in [0.25, 0.3) is 0 Å². The van der Waals surface area contributed by atoms with E-state index in [9.17, 15) is 10.1 Å². The molecule has 0 fully saturated rings. The van der Waals surface area contributed by atoms with Crippen LogP contribution >= 0.6 is 11.6 Å². The second-order valence-electron chi connectivity index (χ2n) is 3.10. The fourth-order valence-corrected chi connectivity index (χ4v) is 1.42. The Morgan fingerprint density at radius 2 is 2.06 bits per heavy atom. The Balaban J connectivity index is 2.24. The van der Waals surface area contributed by atoms with Crippen LogP contribution in [0.1, 0.15) is 0 Å². The van der Waals surface area contributed by atoms with Crippen molar-refractivity contribution in [1.29, 1.82) is 0 Å². The SMILES string of the molecule is O=[N+]([O-])c1ccc(Nc2ccccn2)nc1Cl. The Morgan fingerprint density at radius 1 is 1.24 bits per heavy atom. The van der Waals surface area contributed by atoms with Gasteiger partial charge in [-0.25, -0.2) is 9.97 Å². The van der Waals surface area contributed by atoms with Gasteiger partial charge in [0.1, 0.15) is 11.6 Å². The van der Waals surface area contributed by atoms with Crippen molar-refractivity contribution < 1.29 is 4.92 Å². The summed E-state index contributed by atoms with van der Waals surface area (Å²) in [5, 5.41) is 13.3. The van der Waals surface area contributed by atoms with Gasteiger partial charge in [-0.1, -0.05) is 17.7 Å². The zero-order valence-electron chi connectivity index (χ0n) is 8.50. The highest BCUT2D eigenvalue weighted by Gasteiger charge is 2.13. The van der Waals surface area contributed by atoms with Crippen molar-refractivity contribution in [2.45, 2.75) is 0 Å². The van der Waals surface area contributed by atoms with Crippen molar-refractivity contribution in [2.24, 2.45) is 0 Å². The molecule has 0 radical (unpaired) electrons. The van der Waals surface area contributed by atoms with Crippen molar-refractivity contribution in [3.63, 3.8) is 0 Å². The van der Waals surface area contributed by atoms with Gasteiger partial charge in [-0.3, -0.25) is 10.1 Å². The molecule has 7 heteroatoms. The predicted octanol–water partition coefficient (Wildman–Crippen LogP) is 2.78. The summed E-state index contributed by atoms with van der Waals surface area (Å²) in [6, 6.07) is 8.10. The maximum absolute atomic E-state index is 10.5. The lowest BCUT2D eigenvalue weighted by Gasteiger charge is -2.04. The van der Waals surface area contributed by atoms with Gasteiger partial charge in [0.05, 0.1) is 4.92 Å². The smallest absolute Gasteiger partial charge is 0.306 e. The molecule has 2 aromatic rings. The van der Waals surface area contributed by atoms with Crippen LogP contribution in [-0.2, 0) is 0 Å². The molecular weight excluding hydrogens is 244 g/mol. The van der Waals surface area contributed by atoms with Crippen LogP contribution in [0, 0.1) is 10.1 Å². The highest BCUT2D eigenvalue weighted by molar-refractivity contribution is 6.31. The Bertz CT molecular complexity index is 547. The standard InChI is InChI=1S/C10H7ClN4O2/c11-10-7(15(16)17)4-5-9(14-10)13-8-3-1-2-6-12-8/h1-6H,(H,12,13,14). The zero-order valence-corrected chi connectivity index (χ0v) is 9.26. The number of nitro groups is 1. The predicted molar refractivity (Wildman–Crippen MR) is 63.4 cm³/mol. The number of anilines is 2. The summed E-state index contributed by atoms with van der Waals surface area (Å²) in [5.41, 5.74) is -0.224. The van der Waals surface area contributed by atoms with E-state index in [0.717, 1.165) is 0 Å². The minimum absolute atomic E-state index is 0.157. The fourth-order valence-electron chi connectivity index (χ4n) is 1.20. The molecule has 6 nitrogen and oxygen atoms in total. The minimum atomic E-state index is -0.583. The van der Waals surface area contributed by atoms with Gasteiger partial charge in [0.25, 0.3) is 0 Å². The van der Waals surface area contributed by atoms with Crippen molar-refractivity contribution in [1.82, 2.24) is 9.97 Å². The lowest BCUT2D eigenvalue weighted by molar-refractivity contribution is -0.385. The van der Waals surface area contributed by atoms with Crippen molar-refractivity contribution in [2.75, 3.05) is 5.32 Å². The molecule has 0 aliphatic rings. The Morgan fingerprint density at radius 3 is 2.65 bits per heavy atom. The Kier molecular flexibility index (Phi) is 3.15. The first-order chi connectivity index (χ1) is 8.16. The average Bonchev–Trinajstić information content (AvgIpc) is 2.30. The lowest BCUT2D eigenvalue weighted by Crippen LogP contribution is -1.97. The lowest BCUT2D eigenvalue weighted by atomic mass is 10.4. The van der Waals surface area contributed by atoms with E-state index in [4.69, 9.17) is 11.6 Å². The number of aromatic nitrogens is 2. The second-order valence-corrected chi connectivity index (χ2v) is 3.46. The quantitative estimate of drug-likeness (QED) is 0.515. The van der Waals surface area contributed by atoms with Gasteiger partial charge >= 0.3 is 5.69 Å². The van der Waals surface area contributed by atoms with Gasteiger partial charge in [0, 0.05) is 12.3 Å². The molecule has 0 aromatic carbocycles. The maximum Gasteiger partial charge on any atom is 0.306 e. The molecule has 2 heterocycles. The van der Waals surface area contributed by atoms with E-state index in [0.29, 0.717) is 11.6 Å². The summed E-state index contributed by atoms with van der Waals surface area (Å²) in [4.78, 5) is 17.9. The fraction of sp³-hybridized carbons (Fsp3) is 0. The summed E-state index contributed by atoms with van der Waals surface area (Å²) in [7, 11) is 0. The summed E-state index contributed by atoms with van der Waals surface area (Å²) in [5.74, 6) is 0.990. The number of nitrogens with one attached hydrogen (secondary N) is 1. The molecule has 2 aromatic heterocycles. The molecule has 0 spiro atoms. The van der Waals surface area contributed by atoms with Crippen molar-refractivity contribution in [3.8, 4) is 0 Å². The first-order valence-electron chi connectivity index (χ1n) is 4.66. The first-order valence-corrected chi connectivity index (χ1v) is 5.03. The topological polar surface area (TPSA) is 81.0 Å². The highest BCUT2D eigenvalue weighted by atomic mass is 35.5. The molecule has 0 aliphatic carbocycles. The van der Waals surface area contributed by atoms with E-state index in [1.807, 2.05) is 6.07 Å². The van der Waals surface area contributed by atoms with E-state index < -0.39 is 4.92 Å². The second kappa shape index (κ2) is 4.75. The van der Waals surface area contributed by atoms with Gasteiger partial charge in [0.15, 0.2) is 0 Å². The van der Waals surface area contributed by atoms with E-state index in [2.05, 4.69) is 15.3 Å². The van der Waals surface area contributed by atoms with Crippen LogP contribution in [0.5, 0.6) is 0 Å². The molecule has 2 rings (SSSR count). The number of hydrogen-bond acceptors (Lipinski definition) is 5. The Labute approximate surface area is 101 Å². The van der Waals surface area contributed by atoms with Gasteiger partial charge in [-0.2, -0.15) is 0 Å². The van der Waals surface area contributed by atoms with E-state index in [1.54, 1.807) is 18.3 Å². The van der Waals surface area contributed by atoms with Crippen LogP contribution in [0.4, 0.5) is 17.3 Å². The molecule has 0 atom stereocenters. The molecule has 0 bridgehead atoms. The highest BCUT2D eigenvalue weighted by Crippen LogP contribution is 2.24. The zero-order chi connectivity index (χ0) is 12.3. The van der Waals surface area contributed by atoms with Gasteiger partial charge < -0.3 is 5.32 Å². The number of nitrogens with zero attached hydrogens (tertiary/aromatic N) is 3. The van der Waals surface area contributed by atoms with Crippen molar-refractivity contribution >= 4 is 28.9 Å². The summed E-state index contributed by atoms with van der Waals surface area (Å²) in [6.45, 7) is 0. The van der Waals surface area contributed by atoms with Crippen LogP contribution in [0.3, 0.4) is 0 Å². The van der Waals surface area contributed by atoms with Crippen LogP contribution < -0.4 is 5.32 Å². The molecule has 0 amide bonds. The van der Waals surface area contributed by atoms with Gasteiger partial charge in [-0.05, 0) is 18.2 Å². The molecule has 1 N–H and O–H groups in total. The number of halogens is 1. The Hall–Kier alpha value is -2.21. The van der Waals surface area contributed by atoms with Crippen LogP contribution in [0.15, 0.2) is 36.5 Å². The monoisotopic (exact) mass is 250 g/mol. The van der Waals surface area contributed by atoms with Gasteiger partial charge in [-0.15, -0.1) is 0 Å². The molecule has 0 aliphatic heterocycles. The molecule has 0 unspecified atom stereocenters. The first kappa shape index (κ1) is 11.3. The van der Waals surface area contributed by atoms with E-state index in [-0.39, 0.29) is 10.8 Å². The van der Waals surface area contributed by atoms with E-state index in [1.165, 1.54) is 12.1 Å². The van der Waals surface area contributed by atoms with Crippen molar-refractivity contribution in [3.05, 3.63) is 51.8 Å². The summed E-state index contributed by atoms with van der Waals surface area (Å²) < 4.78 is 0. The summed E-state index contributed by atoms with van der Waals surface area (Å²) in [6.07, 6.45) is 1.62. The molecule has 86 valence electrons. The minimum Gasteiger partial charge on any atom is -0.325 e. The summed E-state index contributed by atoms with van der Waals surface area (Å²) >= 11 is 5.68. The van der Waals surface area contributed by atoms with E-state index >= 15 is 0 Å². The van der Waals surface area contributed by atoms with Crippen LogP contribution in [0.2, 0.25) is 5.15 Å². The van der Waals surface area contributed by atoms with Crippen LogP contribution in [-0.4, -0.2) is 14.9 Å². The number of hydrogen-bond donors (Lipinski definition) is 1. The largest absolute Gasteiger partial charge is 0.325 e.